The third-order valence-corrected chi connectivity index (χ3v) is 10.7. The van der Waals surface area contributed by atoms with E-state index in [1.54, 1.807) is 0 Å². The van der Waals surface area contributed by atoms with E-state index in [1.165, 1.54) is 43.6 Å². The van der Waals surface area contributed by atoms with Gasteiger partial charge < -0.3 is 9.13 Å². The lowest BCUT2D eigenvalue weighted by Gasteiger charge is -2.18. The number of para-hydroxylation sites is 6. The van der Waals surface area contributed by atoms with Crippen molar-refractivity contribution in [3.05, 3.63) is 216 Å². The van der Waals surface area contributed by atoms with Gasteiger partial charge in [0.2, 0.25) is 0 Å². The van der Waals surface area contributed by atoms with Crippen molar-refractivity contribution in [3.63, 3.8) is 0 Å². The van der Waals surface area contributed by atoms with Gasteiger partial charge in [-0.2, -0.15) is 0 Å². The smallest absolute Gasteiger partial charge is 0.0803 e. The third-order valence-electron chi connectivity index (χ3n) is 10.7. The molecule has 0 unspecified atom stereocenters. The first-order valence-corrected chi connectivity index (χ1v) is 18.3. The summed E-state index contributed by atoms with van der Waals surface area (Å²) < 4.78 is 4.70. The zero-order chi connectivity index (χ0) is 35.6. The minimum atomic E-state index is 0.888. The lowest BCUT2D eigenvalue weighted by atomic mass is 9.95. The lowest BCUT2D eigenvalue weighted by Crippen LogP contribution is -2.10. The minimum absolute atomic E-state index is 0.888. The highest BCUT2D eigenvalue weighted by Crippen LogP contribution is 2.36. The van der Waals surface area contributed by atoms with Gasteiger partial charge in [-0.1, -0.05) is 133 Å². The van der Waals surface area contributed by atoms with Gasteiger partial charge in [-0.05, 0) is 60.7 Å². The number of fused-ring (bicyclic) bond motifs is 8. The Kier molecular flexibility index (Phi) is 6.82. The van der Waals surface area contributed by atoms with Crippen molar-refractivity contribution in [2.45, 2.75) is 0 Å². The first-order valence-electron chi connectivity index (χ1n) is 18.3. The van der Waals surface area contributed by atoms with E-state index in [-0.39, 0.29) is 0 Å². The molecule has 0 N–H and O–H groups in total. The van der Waals surface area contributed by atoms with E-state index in [2.05, 4.69) is 203 Å². The van der Waals surface area contributed by atoms with Crippen LogP contribution in [-0.2, 0) is 0 Å². The van der Waals surface area contributed by atoms with E-state index in [4.69, 9.17) is 9.98 Å². The Hall–Kier alpha value is -7.30. The quantitative estimate of drug-likeness (QED) is 0.176. The predicted molar refractivity (Wildman–Crippen MR) is 225 cm³/mol. The molecule has 2 aromatic heterocycles. The molecule has 0 amide bonds. The molecule has 0 radical (unpaired) electrons. The summed E-state index contributed by atoms with van der Waals surface area (Å²) in [5, 5.41) is 5.01. The van der Waals surface area contributed by atoms with E-state index >= 15 is 0 Å². The van der Waals surface area contributed by atoms with E-state index in [0.29, 0.717) is 0 Å². The Morgan fingerprint density at radius 2 is 0.574 bits per heavy atom. The zero-order valence-electron chi connectivity index (χ0n) is 29.3. The maximum atomic E-state index is 5.43. The number of hydrogen-bond donors (Lipinski definition) is 0. The van der Waals surface area contributed by atoms with Crippen LogP contribution in [0.15, 0.2) is 204 Å². The topological polar surface area (TPSA) is 34.6 Å². The molecular formula is C50H32N4. The Morgan fingerprint density at radius 1 is 0.278 bits per heavy atom. The van der Waals surface area contributed by atoms with Crippen LogP contribution in [-0.4, -0.2) is 20.6 Å². The van der Waals surface area contributed by atoms with Crippen LogP contribution in [0, 0.1) is 0 Å². The molecule has 0 atom stereocenters. The zero-order valence-corrected chi connectivity index (χ0v) is 29.3. The second-order valence-electron chi connectivity index (χ2n) is 13.8. The van der Waals surface area contributed by atoms with Crippen LogP contribution in [0.4, 0.5) is 11.4 Å². The van der Waals surface area contributed by atoms with Crippen LogP contribution in [0.3, 0.4) is 0 Å². The van der Waals surface area contributed by atoms with E-state index < -0.39 is 0 Å². The summed E-state index contributed by atoms with van der Waals surface area (Å²) in [7, 11) is 0. The van der Waals surface area contributed by atoms with E-state index in [1.807, 2.05) is 0 Å². The molecule has 1 aliphatic rings. The summed E-state index contributed by atoms with van der Waals surface area (Å²) in [6, 6.07) is 68.8. The Morgan fingerprint density at radius 3 is 0.926 bits per heavy atom. The Labute approximate surface area is 312 Å². The summed E-state index contributed by atoms with van der Waals surface area (Å²) >= 11 is 0. The van der Waals surface area contributed by atoms with Crippen LogP contribution in [0.1, 0.15) is 22.3 Å². The summed E-state index contributed by atoms with van der Waals surface area (Å²) in [5.41, 5.74) is 14.6. The lowest BCUT2D eigenvalue weighted by molar-refractivity contribution is 1.18. The van der Waals surface area contributed by atoms with Crippen LogP contribution in [0.5, 0.6) is 0 Å². The minimum Gasteiger partial charge on any atom is -0.309 e. The van der Waals surface area contributed by atoms with Crippen molar-refractivity contribution in [2.75, 3.05) is 0 Å². The number of nitrogens with zero attached hydrogens (tertiary/aromatic N) is 4. The summed E-state index contributed by atoms with van der Waals surface area (Å²) in [4.78, 5) is 10.9. The molecule has 252 valence electrons. The number of hydrogen-bond acceptors (Lipinski definition) is 2. The van der Waals surface area contributed by atoms with Gasteiger partial charge in [-0.15, -0.1) is 0 Å². The molecule has 0 fully saturated rings. The predicted octanol–water partition coefficient (Wildman–Crippen LogP) is 12.5. The van der Waals surface area contributed by atoms with Crippen molar-refractivity contribution in [1.82, 2.24) is 9.13 Å². The molecule has 11 rings (SSSR count). The number of rotatable bonds is 4. The first kappa shape index (κ1) is 30.3. The van der Waals surface area contributed by atoms with Gasteiger partial charge in [0, 0.05) is 55.2 Å². The van der Waals surface area contributed by atoms with Crippen molar-refractivity contribution >= 4 is 66.4 Å². The molecule has 0 aliphatic carbocycles. The van der Waals surface area contributed by atoms with Crippen LogP contribution in [0.2, 0.25) is 0 Å². The molecular weight excluding hydrogens is 657 g/mol. The van der Waals surface area contributed by atoms with Crippen LogP contribution < -0.4 is 0 Å². The van der Waals surface area contributed by atoms with Gasteiger partial charge in [-0.25, -0.2) is 9.98 Å². The van der Waals surface area contributed by atoms with Gasteiger partial charge in [0.25, 0.3) is 0 Å². The molecule has 54 heavy (non-hydrogen) atoms. The molecule has 0 saturated carbocycles. The van der Waals surface area contributed by atoms with E-state index in [9.17, 15) is 0 Å². The second kappa shape index (κ2) is 12.1. The van der Waals surface area contributed by atoms with Gasteiger partial charge in [0.15, 0.2) is 0 Å². The standard InChI is InChI=1S/C50H32N4/c1-7-19-43-41(17-1)49(33-25-29-35(30-26-33)53-45-21-9-3-13-37(45)38-14-4-10-22-46(38)53)52-44-20-8-2-18-42(44)50(51-43)34-27-31-36(32-28-34)54-47-23-11-5-15-39(47)40-16-6-12-24-48(40)54/h1-32H/b49-41?,50-42?,51-43?,51-50-,52-44?,52-49-. The average Bonchev–Trinajstić information content (AvgIpc) is 3.75. The van der Waals surface area contributed by atoms with Crippen molar-refractivity contribution in [3.8, 4) is 11.4 Å². The van der Waals surface area contributed by atoms with Gasteiger partial charge in [-0.3, -0.25) is 0 Å². The van der Waals surface area contributed by atoms with Crippen LogP contribution in [0.25, 0.3) is 55.0 Å². The average molecular weight is 689 g/mol. The molecule has 0 saturated heterocycles. The highest BCUT2D eigenvalue weighted by molar-refractivity contribution is 6.22. The first-order chi connectivity index (χ1) is 26.8. The fourth-order valence-corrected chi connectivity index (χ4v) is 8.28. The second-order valence-corrected chi connectivity index (χ2v) is 13.8. The largest absolute Gasteiger partial charge is 0.309 e. The van der Waals surface area contributed by atoms with Gasteiger partial charge in [0.05, 0.1) is 44.9 Å². The molecule has 4 nitrogen and oxygen atoms in total. The van der Waals surface area contributed by atoms with Gasteiger partial charge in [0.1, 0.15) is 0 Å². The van der Waals surface area contributed by atoms with Crippen LogP contribution >= 0.6 is 0 Å². The fraction of sp³-hybridized carbons (Fsp3) is 0. The summed E-state index contributed by atoms with van der Waals surface area (Å²) in [6.07, 6.45) is 0. The normalized spacial score (nSPS) is 14.6. The summed E-state index contributed by atoms with van der Waals surface area (Å²) in [5.74, 6) is 0. The Balaban J connectivity index is 1.02. The molecule has 3 heterocycles. The Bertz CT molecular complexity index is 2820. The number of benzene rings is 8. The maximum absolute atomic E-state index is 5.43. The SMILES string of the molecule is c1ccc2c(c1)/N=C(/c1ccc(-n3c4ccccc4c4ccccc43)cc1)c1ccccc1/N=C\2c1ccc(-n2c3ccccc3c3ccccc32)cc1. The third kappa shape index (κ3) is 4.70. The monoisotopic (exact) mass is 688 g/mol. The highest BCUT2D eigenvalue weighted by atomic mass is 15.0. The molecule has 4 heteroatoms. The maximum Gasteiger partial charge on any atom is 0.0803 e. The van der Waals surface area contributed by atoms with E-state index in [0.717, 1.165) is 56.4 Å². The van der Waals surface area contributed by atoms with Gasteiger partial charge >= 0.3 is 0 Å². The fourth-order valence-electron chi connectivity index (χ4n) is 8.28. The molecule has 1 aliphatic heterocycles. The molecule has 8 aromatic carbocycles. The number of aromatic nitrogens is 2. The summed E-state index contributed by atoms with van der Waals surface area (Å²) in [6.45, 7) is 0. The van der Waals surface area contributed by atoms with Crippen molar-refractivity contribution in [2.24, 2.45) is 9.98 Å². The molecule has 0 bridgehead atoms. The molecule has 10 aromatic rings. The van der Waals surface area contributed by atoms with Crippen molar-refractivity contribution in [1.29, 1.82) is 0 Å². The highest BCUT2D eigenvalue weighted by Gasteiger charge is 2.21. The molecule has 0 spiro atoms. The number of aliphatic imine (C=N–C) groups is 2. The van der Waals surface area contributed by atoms with Crippen molar-refractivity contribution < 1.29 is 0 Å².